The first-order chi connectivity index (χ1) is 14.2. The molecule has 3 rings (SSSR count). The van der Waals surface area contributed by atoms with E-state index in [-0.39, 0.29) is 21.9 Å². The first-order valence-electron chi connectivity index (χ1n) is 9.39. The zero-order chi connectivity index (χ0) is 21.9. The molecule has 1 amide bonds. The maximum Gasteiger partial charge on any atom is 0.284 e. The monoisotopic (exact) mass is 470 g/mol. The van der Waals surface area contributed by atoms with Gasteiger partial charge in [-0.25, -0.2) is 13.4 Å². The van der Waals surface area contributed by atoms with Crippen molar-refractivity contribution in [2.24, 2.45) is 5.73 Å². The van der Waals surface area contributed by atoms with Gasteiger partial charge in [-0.1, -0.05) is 24.6 Å². The normalized spacial score (nSPS) is 15.6. The van der Waals surface area contributed by atoms with E-state index in [1.165, 1.54) is 27.8 Å². The highest BCUT2D eigenvalue weighted by Crippen LogP contribution is 2.39. The Morgan fingerprint density at radius 1 is 1.30 bits per heavy atom. The SMILES string of the molecule is Cc1nc(Sc2ccc(S(=O)(=O)N3CCCCCC3)cc2[N+](=O)[O-])sc1CC(N)=O. The van der Waals surface area contributed by atoms with E-state index in [1.54, 1.807) is 6.92 Å². The van der Waals surface area contributed by atoms with Crippen LogP contribution in [-0.4, -0.2) is 41.6 Å². The molecule has 9 nitrogen and oxygen atoms in total. The Kier molecular flexibility index (Phi) is 7.11. The molecule has 1 saturated heterocycles. The average Bonchev–Trinajstić information content (AvgIpc) is 2.88. The molecule has 0 bridgehead atoms. The second-order valence-corrected chi connectivity index (χ2v) is 11.2. The molecule has 0 radical (unpaired) electrons. The predicted molar refractivity (Wildman–Crippen MR) is 114 cm³/mol. The van der Waals surface area contributed by atoms with Crippen molar-refractivity contribution in [2.45, 2.75) is 53.2 Å². The van der Waals surface area contributed by atoms with Crippen molar-refractivity contribution in [1.82, 2.24) is 9.29 Å². The number of sulfonamides is 1. The Morgan fingerprint density at radius 2 is 1.97 bits per heavy atom. The summed E-state index contributed by atoms with van der Waals surface area (Å²) in [6, 6.07) is 3.96. The number of aryl methyl sites for hydroxylation is 1. The number of nitrogens with zero attached hydrogens (tertiary/aromatic N) is 3. The predicted octanol–water partition coefficient (Wildman–Crippen LogP) is 3.10. The van der Waals surface area contributed by atoms with Crippen molar-refractivity contribution >= 4 is 44.7 Å². The number of nitro groups is 1. The van der Waals surface area contributed by atoms with Gasteiger partial charge in [0.2, 0.25) is 15.9 Å². The molecule has 1 aromatic heterocycles. The lowest BCUT2D eigenvalue weighted by molar-refractivity contribution is -0.388. The molecule has 0 atom stereocenters. The molecule has 1 fully saturated rings. The molecule has 12 heteroatoms. The topological polar surface area (TPSA) is 136 Å². The quantitative estimate of drug-likeness (QED) is 0.485. The summed E-state index contributed by atoms with van der Waals surface area (Å²) in [7, 11) is -3.79. The minimum absolute atomic E-state index is 0.0547. The van der Waals surface area contributed by atoms with Crippen molar-refractivity contribution in [3.8, 4) is 0 Å². The van der Waals surface area contributed by atoms with E-state index in [1.807, 2.05) is 0 Å². The Bertz CT molecular complexity index is 1060. The van der Waals surface area contributed by atoms with Gasteiger partial charge < -0.3 is 5.73 Å². The Balaban J connectivity index is 1.90. The number of nitro benzene ring substituents is 1. The number of carbonyl (C=O) groups excluding carboxylic acids is 1. The first-order valence-corrected chi connectivity index (χ1v) is 12.5. The number of benzene rings is 1. The first kappa shape index (κ1) is 22.7. The summed E-state index contributed by atoms with van der Waals surface area (Å²) in [4.78, 5) is 27.5. The van der Waals surface area contributed by atoms with Gasteiger partial charge in [0.15, 0.2) is 4.34 Å². The number of aromatic nitrogens is 1. The summed E-state index contributed by atoms with van der Waals surface area (Å²) in [5.74, 6) is -0.479. The van der Waals surface area contributed by atoms with E-state index in [2.05, 4.69) is 4.98 Å². The van der Waals surface area contributed by atoms with E-state index in [0.29, 0.717) is 28.0 Å². The third-order valence-electron chi connectivity index (χ3n) is 4.74. The lowest BCUT2D eigenvalue weighted by Gasteiger charge is -2.20. The number of hydrogen-bond acceptors (Lipinski definition) is 8. The van der Waals surface area contributed by atoms with Crippen molar-refractivity contribution in [2.75, 3.05) is 13.1 Å². The van der Waals surface area contributed by atoms with Crippen LogP contribution in [0.1, 0.15) is 36.3 Å². The fourth-order valence-corrected chi connectivity index (χ4v) is 7.00. The highest BCUT2D eigenvalue weighted by molar-refractivity contribution is 8.01. The summed E-state index contributed by atoms with van der Waals surface area (Å²) in [6.07, 6.45) is 3.58. The molecule has 2 heterocycles. The number of rotatable bonds is 7. The number of nitrogens with two attached hydrogens (primary N) is 1. The van der Waals surface area contributed by atoms with Gasteiger partial charge in [0.05, 0.1) is 26.8 Å². The Hall–Kier alpha value is -2.02. The molecule has 30 heavy (non-hydrogen) atoms. The van der Waals surface area contributed by atoms with Crippen molar-refractivity contribution in [3.05, 3.63) is 38.9 Å². The molecule has 2 aromatic rings. The summed E-state index contributed by atoms with van der Waals surface area (Å²) < 4.78 is 27.9. The molecule has 0 aliphatic carbocycles. The molecule has 1 aliphatic rings. The smallest absolute Gasteiger partial charge is 0.284 e. The van der Waals surface area contributed by atoms with Crippen LogP contribution in [0.3, 0.4) is 0 Å². The highest BCUT2D eigenvalue weighted by Gasteiger charge is 2.28. The van der Waals surface area contributed by atoms with Crippen molar-refractivity contribution in [3.63, 3.8) is 0 Å². The highest BCUT2D eigenvalue weighted by atomic mass is 32.2. The van der Waals surface area contributed by atoms with Gasteiger partial charge in [-0.05, 0) is 31.9 Å². The Morgan fingerprint density at radius 3 is 2.57 bits per heavy atom. The minimum Gasteiger partial charge on any atom is -0.369 e. The Labute approximate surface area is 182 Å². The second-order valence-electron chi connectivity index (χ2n) is 6.94. The summed E-state index contributed by atoms with van der Waals surface area (Å²) in [5.41, 5.74) is 5.58. The van der Waals surface area contributed by atoms with Gasteiger partial charge in [0.1, 0.15) is 0 Å². The standard InChI is InChI=1S/C18H22N4O5S3/c1-12-16(11-17(19)23)29-18(20-12)28-15-7-6-13(10-14(15)22(24)25)30(26,27)21-8-4-2-3-5-9-21/h6-7,10H,2-5,8-9,11H2,1H3,(H2,19,23). The zero-order valence-electron chi connectivity index (χ0n) is 16.4. The number of carbonyl (C=O) groups is 1. The molecule has 162 valence electrons. The molecule has 0 saturated carbocycles. The van der Waals surface area contributed by atoms with Gasteiger partial charge in [-0.15, -0.1) is 11.3 Å². The van der Waals surface area contributed by atoms with Crippen LogP contribution in [0.25, 0.3) is 0 Å². The van der Waals surface area contributed by atoms with E-state index < -0.39 is 20.9 Å². The molecule has 0 spiro atoms. The zero-order valence-corrected chi connectivity index (χ0v) is 18.8. The lowest BCUT2D eigenvalue weighted by atomic mass is 10.2. The maximum atomic E-state index is 13.0. The van der Waals surface area contributed by atoms with Gasteiger partial charge in [-0.2, -0.15) is 4.31 Å². The van der Waals surface area contributed by atoms with Crippen LogP contribution < -0.4 is 5.73 Å². The van der Waals surface area contributed by atoms with Crippen LogP contribution in [0.15, 0.2) is 32.3 Å². The summed E-state index contributed by atoms with van der Waals surface area (Å²) in [6.45, 7) is 2.59. The van der Waals surface area contributed by atoms with Crippen LogP contribution in [0, 0.1) is 17.0 Å². The molecule has 1 aromatic carbocycles. The third-order valence-corrected chi connectivity index (χ3v) is 8.91. The third kappa shape index (κ3) is 5.17. The van der Waals surface area contributed by atoms with Gasteiger partial charge in [0, 0.05) is 24.0 Å². The molecule has 2 N–H and O–H groups in total. The summed E-state index contributed by atoms with van der Waals surface area (Å²) in [5, 5.41) is 11.6. The van der Waals surface area contributed by atoms with E-state index in [0.717, 1.165) is 43.5 Å². The van der Waals surface area contributed by atoms with Crippen molar-refractivity contribution < 1.29 is 18.1 Å². The number of amides is 1. The van der Waals surface area contributed by atoms with E-state index in [4.69, 9.17) is 5.73 Å². The van der Waals surface area contributed by atoms with E-state index >= 15 is 0 Å². The van der Waals surface area contributed by atoms with Gasteiger partial charge in [0.25, 0.3) is 5.69 Å². The van der Waals surface area contributed by atoms with Gasteiger partial charge >= 0.3 is 0 Å². The van der Waals surface area contributed by atoms with Crippen LogP contribution >= 0.6 is 23.1 Å². The maximum absolute atomic E-state index is 13.0. The largest absolute Gasteiger partial charge is 0.369 e. The van der Waals surface area contributed by atoms with E-state index in [9.17, 15) is 23.3 Å². The van der Waals surface area contributed by atoms with Crippen molar-refractivity contribution in [1.29, 1.82) is 0 Å². The molecular formula is C18H22N4O5S3. The van der Waals surface area contributed by atoms with Crippen LogP contribution in [-0.2, 0) is 21.2 Å². The lowest BCUT2D eigenvalue weighted by Crippen LogP contribution is -2.31. The number of thiazole rings is 1. The fraction of sp³-hybridized carbons (Fsp3) is 0.444. The fourth-order valence-electron chi connectivity index (χ4n) is 3.18. The van der Waals surface area contributed by atoms with Crippen LogP contribution in [0.5, 0.6) is 0 Å². The molecule has 0 unspecified atom stereocenters. The van der Waals surface area contributed by atoms with Gasteiger partial charge in [-0.3, -0.25) is 14.9 Å². The van der Waals surface area contributed by atoms with Crippen LogP contribution in [0.4, 0.5) is 5.69 Å². The van der Waals surface area contributed by atoms with Crippen LogP contribution in [0.2, 0.25) is 0 Å². The molecule has 1 aliphatic heterocycles. The molecular weight excluding hydrogens is 448 g/mol. The number of hydrogen-bond donors (Lipinski definition) is 1. The second kappa shape index (κ2) is 9.41. The average molecular weight is 471 g/mol. The summed E-state index contributed by atoms with van der Waals surface area (Å²) >= 11 is 2.31. The minimum atomic E-state index is -3.79. The number of primary amides is 1.